The van der Waals surface area contributed by atoms with Crippen LogP contribution in [0.2, 0.25) is 0 Å². The summed E-state index contributed by atoms with van der Waals surface area (Å²) < 4.78 is 0. The van der Waals surface area contributed by atoms with Crippen molar-refractivity contribution in [3.05, 3.63) is 0 Å². The van der Waals surface area contributed by atoms with E-state index in [1.807, 2.05) is 0 Å². The van der Waals surface area contributed by atoms with E-state index < -0.39 is 0 Å². The monoisotopic (exact) mass is 272 g/mol. The highest BCUT2D eigenvalue weighted by Crippen LogP contribution is -0.285. The normalized spacial score (nSPS) is 0. The molecule has 0 bridgehead atoms. The fourth-order valence-electron chi connectivity index (χ4n) is 0. The summed E-state index contributed by atoms with van der Waals surface area (Å²) in [5, 5.41) is 0. The van der Waals surface area contributed by atoms with Crippen LogP contribution in [0.1, 0.15) is 0 Å². The molecule has 0 aromatic carbocycles. The smallest absolute Gasteiger partial charge is 0.316 e. The molecule has 0 radical (unpaired) electrons. The molecule has 0 fully saturated rings. The fourth-order valence-corrected chi connectivity index (χ4v) is 0. The predicted molar refractivity (Wildman–Crippen MR) is 77.9 cm³/mol. The van der Waals surface area contributed by atoms with Gasteiger partial charge < -0.3 is 27.4 Å². The van der Waals surface area contributed by atoms with Crippen molar-refractivity contribution >= 4 is 161 Å². The summed E-state index contributed by atoms with van der Waals surface area (Å²) in [5.41, 5.74) is 0. The molecule has 0 saturated carbocycles. The van der Waals surface area contributed by atoms with Crippen molar-refractivity contribution in [3.63, 3.8) is 0 Å². The second-order valence-electron chi connectivity index (χ2n) is 0. The van der Waals surface area contributed by atoms with Crippen molar-refractivity contribution in [2.45, 2.75) is 0 Å². The van der Waals surface area contributed by atoms with E-state index in [1.165, 1.54) is 0 Å². The lowest BCUT2D eigenvalue weighted by Gasteiger charge is -0.413. The SMILES string of the molecule is O.O.O.O.O.[MgH2].[MgH2].[MgH2].[MgH2].[MgH2].[MgH2].[MgH2]. The quantitative estimate of drug-likeness (QED) is 0.384. The van der Waals surface area contributed by atoms with Gasteiger partial charge in [-0.05, 0) is 0 Å². The zero-order valence-electron chi connectivity index (χ0n) is 2.50. The molecule has 0 amide bonds. The van der Waals surface area contributed by atoms with Gasteiger partial charge in [0.05, 0.1) is 0 Å². The molecule has 0 aliphatic heterocycles. The van der Waals surface area contributed by atoms with Crippen LogP contribution in [0.3, 0.4) is 0 Å². The summed E-state index contributed by atoms with van der Waals surface area (Å²) in [6.07, 6.45) is 0. The zero-order valence-corrected chi connectivity index (χ0v) is 2.50. The fraction of sp³-hybridized carbons (Fsp3) is 0. The van der Waals surface area contributed by atoms with Crippen LogP contribution in [0.15, 0.2) is 0 Å². The minimum absolute atomic E-state index is 0. The third kappa shape index (κ3) is 114. The average molecular weight is 274 g/mol. The Balaban J connectivity index is 0. The first kappa shape index (κ1) is 168. The lowest BCUT2D eigenvalue weighted by Crippen LogP contribution is -0.382. The van der Waals surface area contributed by atoms with Gasteiger partial charge in [-0.25, -0.2) is 0 Å². The first-order chi connectivity index (χ1) is 0. The average Bonchev–Trinajstić information content (AvgIpc) is 0. The summed E-state index contributed by atoms with van der Waals surface area (Å²) in [6.45, 7) is 0. The molecule has 10 N–H and O–H groups in total. The van der Waals surface area contributed by atoms with Gasteiger partial charge in [-0.2, -0.15) is 0 Å². The third-order valence-electron chi connectivity index (χ3n) is 0. The zero-order chi connectivity index (χ0) is 0. The molecule has 0 rings (SSSR count). The highest BCUT2D eigenvalue weighted by molar-refractivity contribution is 5.76. The van der Waals surface area contributed by atoms with Gasteiger partial charge in [0, 0.05) is 0 Å². The minimum atomic E-state index is 0. The standard InChI is InChI=1S/7Mg.5H2O.14H/h;;;;;;;5*1H2;;;;;;;;;;;;;;. The van der Waals surface area contributed by atoms with Crippen LogP contribution in [0, 0.1) is 0 Å². The van der Waals surface area contributed by atoms with E-state index in [0.717, 1.165) is 0 Å². The molecule has 12 heavy (non-hydrogen) atoms. The summed E-state index contributed by atoms with van der Waals surface area (Å²) >= 11 is 0. The maximum Gasteiger partial charge on any atom is 0.316 e. The van der Waals surface area contributed by atoms with Crippen LogP contribution in [0.5, 0.6) is 0 Å². The first-order valence-corrected chi connectivity index (χ1v) is 0. The largest absolute Gasteiger partial charge is 0.412 e. The van der Waals surface area contributed by atoms with Gasteiger partial charge in [0.15, 0.2) is 0 Å². The van der Waals surface area contributed by atoms with E-state index in [0.29, 0.717) is 0 Å². The van der Waals surface area contributed by atoms with Gasteiger partial charge in [0.25, 0.3) is 0 Å². The summed E-state index contributed by atoms with van der Waals surface area (Å²) in [6, 6.07) is 0. The molecule has 0 unspecified atom stereocenters. The van der Waals surface area contributed by atoms with Crippen molar-refractivity contribution in [2.75, 3.05) is 0 Å². The van der Waals surface area contributed by atoms with Crippen molar-refractivity contribution in [1.82, 2.24) is 0 Å². The molecule has 0 atom stereocenters. The molecule has 0 aliphatic carbocycles. The van der Waals surface area contributed by atoms with E-state index >= 15 is 0 Å². The van der Waals surface area contributed by atoms with Gasteiger partial charge in [-0.1, -0.05) is 0 Å². The Hall–Kier alpha value is 5.16. The van der Waals surface area contributed by atoms with Crippen LogP contribution in [-0.2, 0) is 0 Å². The Morgan fingerprint density at radius 1 is 0.167 bits per heavy atom. The van der Waals surface area contributed by atoms with E-state index in [2.05, 4.69) is 0 Å². The molecule has 0 saturated heterocycles. The van der Waals surface area contributed by atoms with Gasteiger partial charge >= 0.3 is 161 Å². The molecule has 0 aromatic rings. The minimum Gasteiger partial charge on any atom is -0.412 e. The van der Waals surface area contributed by atoms with E-state index in [9.17, 15) is 0 Å². The number of hydrogen-bond acceptors (Lipinski definition) is 0. The highest BCUT2D eigenvalue weighted by atomic mass is 24.3. The summed E-state index contributed by atoms with van der Waals surface area (Å²) in [7, 11) is 0. The van der Waals surface area contributed by atoms with E-state index in [-0.39, 0.29) is 189 Å². The van der Waals surface area contributed by atoms with Crippen molar-refractivity contribution in [3.8, 4) is 0 Å². The molecular formula is H24Mg7O5. The van der Waals surface area contributed by atoms with Gasteiger partial charge in [-0.3, -0.25) is 0 Å². The van der Waals surface area contributed by atoms with Crippen molar-refractivity contribution < 1.29 is 27.4 Å². The van der Waals surface area contributed by atoms with Gasteiger partial charge in [-0.15, -0.1) is 0 Å². The number of hydrogen-bond donors (Lipinski definition) is 0. The first-order valence-electron chi connectivity index (χ1n) is 0. The lowest BCUT2D eigenvalue weighted by atomic mass is 16.0. The van der Waals surface area contributed by atoms with E-state index in [1.54, 1.807) is 0 Å². The Morgan fingerprint density at radius 3 is 0.167 bits per heavy atom. The Morgan fingerprint density at radius 2 is 0.167 bits per heavy atom. The molecular weight excluding hydrogens is 250 g/mol. The molecule has 0 spiro atoms. The van der Waals surface area contributed by atoms with Crippen LogP contribution in [-0.4, -0.2) is 189 Å². The molecule has 68 valence electrons. The molecule has 0 aromatic heterocycles. The van der Waals surface area contributed by atoms with Crippen LogP contribution < -0.4 is 0 Å². The Bertz CT molecular complexity index is 11.8. The molecule has 12 heteroatoms. The topological polar surface area (TPSA) is 158 Å². The van der Waals surface area contributed by atoms with Crippen LogP contribution >= 0.6 is 0 Å². The molecule has 0 heterocycles. The summed E-state index contributed by atoms with van der Waals surface area (Å²) in [5.74, 6) is 0. The predicted octanol–water partition coefficient (Wildman–Crippen LogP) is -10.5. The van der Waals surface area contributed by atoms with Crippen molar-refractivity contribution in [2.24, 2.45) is 0 Å². The van der Waals surface area contributed by atoms with Crippen LogP contribution in [0.25, 0.3) is 0 Å². The molecule has 5 nitrogen and oxygen atoms in total. The van der Waals surface area contributed by atoms with Crippen molar-refractivity contribution in [1.29, 1.82) is 0 Å². The van der Waals surface area contributed by atoms with E-state index in [4.69, 9.17) is 0 Å². The maximum atomic E-state index is 0. The van der Waals surface area contributed by atoms with Crippen LogP contribution in [0.4, 0.5) is 0 Å². The number of rotatable bonds is 0. The Kier molecular flexibility index (Phi) is 1950. The second-order valence-corrected chi connectivity index (χ2v) is 0. The maximum absolute atomic E-state index is 0. The highest BCUT2D eigenvalue weighted by Gasteiger charge is 0.322. The molecule has 0 aliphatic rings. The summed E-state index contributed by atoms with van der Waals surface area (Å²) in [4.78, 5) is 0. The van der Waals surface area contributed by atoms with Gasteiger partial charge in [0.2, 0.25) is 0 Å². The lowest BCUT2D eigenvalue weighted by molar-refractivity contribution is 0.823. The third-order valence-corrected chi connectivity index (χ3v) is 0. The van der Waals surface area contributed by atoms with Gasteiger partial charge in [0.1, 0.15) is 0 Å². The Labute approximate surface area is 185 Å². The second kappa shape index (κ2) is 139.